The summed E-state index contributed by atoms with van der Waals surface area (Å²) in [5.41, 5.74) is 6.65. The first-order valence-electron chi connectivity index (χ1n) is 4.91. The number of halogens is 1. The van der Waals surface area contributed by atoms with E-state index in [9.17, 15) is 8.42 Å². The third-order valence-electron chi connectivity index (χ3n) is 2.06. The van der Waals surface area contributed by atoms with E-state index >= 15 is 0 Å². The first-order chi connectivity index (χ1) is 7.44. The largest absolute Gasteiger partial charge is 0.330 e. The average Bonchev–Trinajstić information content (AvgIpc) is 2.20. The molecule has 6 heteroatoms. The lowest BCUT2D eigenvalue weighted by Gasteiger charge is -2.08. The standard InChI is InChI=1S/C10H15ClN2O2S/c1-8-3-4-9(7-10(8)11)13-16(14,15)6-2-5-12/h3-4,7,13H,2,5-6,12H2,1H3. The van der Waals surface area contributed by atoms with Gasteiger partial charge in [0.05, 0.1) is 5.75 Å². The van der Waals surface area contributed by atoms with E-state index in [1.807, 2.05) is 6.92 Å². The molecule has 0 fully saturated rings. The van der Waals surface area contributed by atoms with E-state index in [1.54, 1.807) is 18.2 Å². The highest BCUT2D eigenvalue weighted by Crippen LogP contribution is 2.20. The second-order valence-corrected chi connectivity index (χ2v) is 5.78. The van der Waals surface area contributed by atoms with Gasteiger partial charge >= 0.3 is 0 Å². The van der Waals surface area contributed by atoms with E-state index in [-0.39, 0.29) is 5.75 Å². The lowest BCUT2D eigenvalue weighted by molar-refractivity contribution is 0.599. The van der Waals surface area contributed by atoms with Crippen molar-refractivity contribution in [3.8, 4) is 0 Å². The minimum atomic E-state index is -3.32. The van der Waals surface area contributed by atoms with Gasteiger partial charge in [0.15, 0.2) is 0 Å². The summed E-state index contributed by atoms with van der Waals surface area (Å²) < 4.78 is 25.5. The van der Waals surface area contributed by atoms with Gasteiger partial charge in [0.25, 0.3) is 0 Å². The Balaban J connectivity index is 2.76. The van der Waals surface area contributed by atoms with E-state index in [0.29, 0.717) is 23.7 Å². The minimum absolute atomic E-state index is 0.0228. The molecule has 1 rings (SSSR count). The number of hydrogen-bond acceptors (Lipinski definition) is 3. The molecule has 1 aromatic carbocycles. The summed E-state index contributed by atoms with van der Waals surface area (Å²) in [6, 6.07) is 5.04. The van der Waals surface area contributed by atoms with Gasteiger partial charge in [-0.3, -0.25) is 4.72 Å². The van der Waals surface area contributed by atoms with E-state index in [4.69, 9.17) is 17.3 Å². The Kier molecular flexibility index (Phi) is 4.58. The number of benzene rings is 1. The Hall–Kier alpha value is -0.780. The second-order valence-electron chi connectivity index (χ2n) is 3.53. The van der Waals surface area contributed by atoms with Gasteiger partial charge in [-0.2, -0.15) is 0 Å². The van der Waals surface area contributed by atoms with Crippen molar-refractivity contribution in [1.82, 2.24) is 0 Å². The first-order valence-corrected chi connectivity index (χ1v) is 6.94. The lowest BCUT2D eigenvalue weighted by atomic mass is 10.2. The molecule has 0 aliphatic rings. The summed E-state index contributed by atoms with van der Waals surface area (Å²) in [7, 11) is -3.32. The highest BCUT2D eigenvalue weighted by atomic mass is 35.5. The number of nitrogens with two attached hydrogens (primary N) is 1. The molecular weight excluding hydrogens is 248 g/mol. The number of hydrogen-bond donors (Lipinski definition) is 2. The summed E-state index contributed by atoms with van der Waals surface area (Å²) in [6.07, 6.45) is 0.439. The predicted molar refractivity (Wildman–Crippen MR) is 67.3 cm³/mol. The van der Waals surface area contributed by atoms with E-state index in [2.05, 4.69) is 4.72 Å². The highest BCUT2D eigenvalue weighted by molar-refractivity contribution is 7.92. The molecule has 0 aromatic heterocycles. The van der Waals surface area contributed by atoms with Crippen LogP contribution in [0, 0.1) is 6.92 Å². The molecule has 0 unspecified atom stereocenters. The fourth-order valence-corrected chi connectivity index (χ4v) is 2.48. The first kappa shape index (κ1) is 13.3. The molecule has 1 aromatic rings. The van der Waals surface area contributed by atoms with Crippen molar-refractivity contribution in [3.63, 3.8) is 0 Å². The molecule has 0 atom stereocenters. The zero-order chi connectivity index (χ0) is 12.2. The Morgan fingerprint density at radius 1 is 1.44 bits per heavy atom. The van der Waals surface area contributed by atoms with Gasteiger partial charge in [0.2, 0.25) is 10.0 Å². The van der Waals surface area contributed by atoms with Crippen LogP contribution in [0.25, 0.3) is 0 Å². The Morgan fingerprint density at radius 2 is 2.12 bits per heavy atom. The van der Waals surface area contributed by atoms with Crippen LogP contribution in [0.4, 0.5) is 5.69 Å². The fraction of sp³-hybridized carbons (Fsp3) is 0.400. The van der Waals surface area contributed by atoms with Crippen LogP contribution in [0.1, 0.15) is 12.0 Å². The number of rotatable bonds is 5. The van der Waals surface area contributed by atoms with Crippen LogP contribution in [-0.4, -0.2) is 20.7 Å². The zero-order valence-electron chi connectivity index (χ0n) is 9.03. The monoisotopic (exact) mass is 262 g/mol. The van der Waals surface area contributed by atoms with Gasteiger partial charge < -0.3 is 5.73 Å². The van der Waals surface area contributed by atoms with Gasteiger partial charge in [0, 0.05) is 10.7 Å². The molecule has 0 aliphatic carbocycles. The molecule has 0 spiro atoms. The fourth-order valence-electron chi connectivity index (χ4n) is 1.16. The molecular formula is C10H15ClN2O2S. The van der Waals surface area contributed by atoms with Crippen LogP contribution in [0.3, 0.4) is 0 Å². The van der Waals surface area contributed by atoms with Gasteiger partial charge in [-0.15, -0.1) is 0 Å². The van der Waals surface area contributed by atoms with Crippen LogP contribution in [-0.2, 0) is 10.0 Å². The number of aryl methyl sites for hydroxylation is 1. The predicted octanol–water partition coefficient (Wildman–Crippen LogP) is 1.74. The van der Waals surface area contributed by atoms with Crippen LogP contribution in [0.15, 0.2) is 18.2 Å². The second kappa shape index (κ2) is 5.52. The van der Waals surface area contributed by atoms with E-state index in [1.165, 1.54) is 0 Å². The number of nitrogens with one attached hydrogen (secondary N) is 1. The molecule has 0 aliphatic heterocycles. The number of anilines is 1. The topological polar surface area (TPSA) is 72.2 Å². The normalized spacial score (nSPS) is 11.4. The maximum atomic E-state index is 11.5. The Bertz CT molecular complexity index is 460. The van der Waals surface area contributed by atoms with Crippen LogP contribution >= 0.6 is 11.6 Å². The molecule has 0 radical (unpaired) electrons. The molecule has 4 nitrogen and oxygen atoms in total. The zero-order valence-corrected chi connectivity index (χ0v) is 10.6. The smallest absolute Gasteiger partial charge is 0.232 e. The Morgan fingerprint density at radius 3 is 2.69 bits per heavy atom. The molecule has 0 saturated carbocycles. The van der Waals surface area contributed by atoms with Crippen molar-refractivity contribution in [3.05, 3.63) is 28.8 Å². The summed E-state index contributed by atoms with van der Waals surface area (Å²) in [4.78, 5) is 0. The Labute approximate surface area is 101 Å². The minimum Gasteiger partial charge on any atom is -0.330 e. The van der Waals surface area contributed by atoms with Crippen molar-refractivity contribution in [2.75, 3.05) is 17.0 Å². The highest BCUT2D eigenvalue weighted by Gasteiger charge is 2.09. The van der Waals surface area contributed by atoms with Crippen LogP contribution in [0.5, 0.6) is 0 Å². The maximum absolute atomic E-state index is 11.5. The molecule has 0 bridgehead atoms. The van der Waals surface area contributed by atoms with Crippen molar-refractivity contribution in [1.29, 1.82) is 0 Å². The summed E-state index contributed by atoms with van der Waals surface area (Å²) in [5, 5.41) is 0.541. The molecule has 16 heavy (non-hydrogen) atoms. The quantitative estimate of drug-likeness (QED) is 0.849. The average molecular weight is 263 g/mol. The van der Waals surface area contributed by atoms with Gasteiger partial charge in [-0.05, 0) is 37.6 Å². The van der Waals surface area contributed by atoms with Crippen molar-refractivity contribution >= 4 is 27.3 Å². The number of sulfonamides is 1. The summed E-state index contributed by atoms with van der Waals surface area (Å²) >= 11 is 5.89. The molecule has 3 N–H and O–H groups in total. The van der Waals surface area contributed by atoms with Crippen LogP contribution in [0.2, 0.25) is 5.02 Å². The van der Waals surface area contributed by atoms with Gasteiger partial charge in [0.1, 0.15) is 0 Å². The van der Waals surface area contributed by atoms with Gasteiger partial charge in [-0.25, -0.2) is 8.42 Å². The molecule has 0 amide bonds. The van der Waals surface area contributed by atoms with Crippen molar-refractivity contribution in [2.24, 2.45) is 5.73 Å². The third kappa shape index (κ3) is 4.00. The van der Waals surface area contributed by atoms with E-state index in [0.717, 1.165) is 5.56 Å². The molecule has 90 valence electrons. The van der Waals surface area contributed by atoms with Crippen molar-refractivity contribution < 1.29 is 8.42 Å². The van der Waals surface area contributed by atoms with Crippen molar-refractivity contribution in [2.45, 2.75) is 13.3 Å². The van der Waals surface area contributed by atoms with E-state index < -0.39 is 10.0 Å². The molecule has 0 saturated heterocycles. The van der Waals surface area contributed by atoms with Crippen LogP contribution < -0.4 is 10.5 Å². The molecule has 0 heterocycles. The summed E-state index contributed by atoms with van der Waals surface area (Å²) in [6.45, 7) is 2.21. The summed E-state index contributed by atoms with van der Waals surface area (Å²) in [5.74, 6) is 0.0228. The maximum Gasteiger partial charge on any atom is 0.232 e. The lowest BCUT2D eigenvalue weighted by Crippen LogP contribution is -2.18. The SMILES string of the molecule is Cc1ccc(NS(=O)(=O)CCCN)cc1Cl. The van der Waals surface area contributed by atoms with Gasteiger partial charge in [-0.1, -0.05) is 17.7 Å². The third-order valence-corrected chi connectivity index (χ3v) is 3.84.